The molecule has 18 heavy (non-hydrogen) atoms. The number of carbonyl (C=O) groups excluding carboxylic acids is 1. The van der Waals surface area contributed by atoms with Crippen molar-refractivity contribution in [2.45, 2.75) is 25.3 Å². The summed E-state index contributed by atoms with van der Waals surface area (Å²) in [6, 6.07) is -0.408. The summed E-state index contributed by atoms with van der Waals surface area (Å²) < 4.78 is 5.13. The molecule has 0 bridgehead atoms. The first kappa shape index (κ1) is 13.3. The van der Waals surface area contributed by atoms with Gasteiger partial charge in [-0.2, -0.15) is 0 Å². The smallest absolute Gasteiger partial charge is 0.311 e. The van der Waals surface area contributed by atoms with Crippen LogP contribution in [0, 0.1) is 17.8 Å². The molecule has 4 unspecified atom stereocenters. The van der Waals surface area contributed by atoms with Gasteiger partial charge in [0.05, 0.1) is 19.3 Å². The van der Waals surface area contributed by atoms with Crippen molar-refractivity contribution in [2.24, 2.45) is 23.5 Å². The third kappa shape index (κ3) is 2.64. The molecule has 0 aromatic heterocycles. The lowest BCUT2D eigenvalue weighted by molar-refractivity contribution is -0.142. The third-order valence-electron chi connectivity index (χ3n) is 4.02. The molecule has 1 saturated heterocycles. The number of carbonyl (C=O) groups is 2. The van der Waals surface area contributed by atoms with Crippen LogP contribution >= 0.6 is 0 Å². The molecule has 1 aliphatic carbocycles. The van der Waals surface area contributed by atoms with Crippen LogP contribution in [0.3, 0.4) is 0 Å². The minimum absolute atomic E-state index is 0.0648. The van der Waals surface area contributed by atoms with Gasteiger partial charge in [-0.15, -0.1) is 0 Å². The number of nitrogens with two attached hydrogens (primary N) is 1. The first-order valence-electron chi connectivity index (χ1n) is 6.44. The van der Waals surface area contributed by atoms with Crippen molar-refractivity contribution in [2.75, 3.05) is 19.8 Å². The highest BCUT2D eigenvalue weighted by Gasteiger charge is 2.38. The van der Waals surface area contributed by atoms with Crippen LogP contribution in [0.5, 0.6) is 0 Å². The molecular weight excluding hydrogens is 236 g/mol. The summed E-state index contributed by atoms with van der Waals surface area (Å²) in [4.78, 5) is 23.1. The second kappa shape index (κ2) is 5.67. The average Bonchev–Trinajstić information content (AvgIpc) is 2.96. The van der Waals surface area contributed by atoms with E-state index in [2.05, 4.69) is 5.32 Å². The number of aliphatic carboxylic acids is 1. The van der Waals surface area contributed by atoms with Crippen LogP contribution in [0.4, 0.5) is 0 Å². The van der Waals surface area contributed by atoms with Crippen molar-refractivity contribution in [3.63, 3.8) is 0 Å². The molecule has 2 rings (SSSR count). The van der Waals surface area contributed by atoms with Crippen LogP contribution in [0.25, 0.3) is 0 Å². The Morgan fingerprint density at radius 2 is 2.06 bits per heavy atom. The third-order valence-corrected chi connectivity index (χ3v) is 4.02. The molecule has 1 amide bonds. The first-order chi connectivity index (χ1) is 8.63. The Labute approximate surface area is 106 Å². The van der Waals surface area contributed by atoms with Crippen LogP contribution in [0.15, 0.2) is 0 Å². The maximum absolute atomic E-state index is 12.1. The molecule has 6 heteroatoms. The zero-order valence-electron chi connectivity index (χ0n) is 10.3. The summed E-state index contributed by atoms with van der Waals surface area (Å²) in [6.07, 6.45) is 2.85. The van der Waals surface area contributed by atoms with Gasteiger partial charge < -0.3 is 20.9 Å². The van der Waals surface area contributed by atoms with Crippen molar-refractivity contribution in [1.82, 2.24) is 5.32 Å². The molecule has 0 radical (unpaired) electrons. The summed E-state index contributed by atoms with van der Waals surface area (Å²) in [5.74, 6) is -1.45. The van der Waals surface area contributed by atoms with Crippen molar-refractivity contribution < 1.29 is 19.4 Å². The quantitative estimate of drug-likeness (QED) is 0.634. The van der Waals surface area contributed by atoms with Gasteiger partial charge in [0.15, 0.2) is 0 Å². The monoisotopic (exact) mass is 256 g/mol. The summed E-state index contributed by atoms with van der Waals surface area (Å²) in [5, 5.41) is 11.8. The molecule has 1 saturated carbocycles. The molecule has 4 atom stereocenters. The van der Waals surface area contributed by atoms with Crippen LogP contribution in [-0.2, 0) is 14.3 Å². The van der Waals surface area contributed by atoms with Crippen LogP contribution in [-0.4, -0.2) is 42.8 Å². The molecule has 1 aliphatic heterocycles. The standard InChI is InChI=1S/C12H20N2O4/c13-4-7-2-1-3-8(7)11(15)14-10-6-18-5-9(10)12(16)17/h7-10H,1-6,13H2,(H,14,15)(H,16,17). The lowest BCUT2D eigenvalue weighted by atomic mass is 9.94. The van der Waals surface area contributed by atoms with Crippen LogP contribution < -0.4 is 11.1 Å². The molecule has 102 valence electrons. The second-order valence-electron chi connectivity index (χ2n) is 5.13. The van der Waals surface area contributed by atoms with Crippen molar-refractivity contribution in [1.29, 1.82) is 0 Å². The van der Waals surface area contributed by atoms with Gasteiger partial charge in [-0.1, -0.05) is 6.42 Å². The van der Waals surface area contributed by atoms with E-state index >= 15 is 0 Å². The van der Waals surface area contributed by atoms with E-state index in [1.165, 1.54) is 0 Å². The highest BCUT2D eigenvalue weighted by Crippen LogP contribution is 2.31. The fourth-order valence-corrected chi connectivity index (χ4v) is 2.89. The number of hydrogen-bond acceptors (Lipinski definition) is 4. The molecule has 1 heterocycles. The van der Waals surface area contributed by atoms with E-state index in [1.54, 1.807) is 0 Å². The van der Waals surface area contributed by atoms with Gasteiger partial charge in [0.25, 0.3) is 0 Å². The van der Waals surface area contributed by atoms with Crippen molar-refractivity contribution in [3.05, 3.63) is 0 Å². The Kier molecular flexibility index (Phi) is 4.19. The molecular formula is C12H20N2O4. The lowest BCUT2D eigenvalue weighted by Gasteiger charge is -2.21. The first-order valence-corrected chi connectivity index (χ1v) is 6.44. The van der Waals surface area contributed by atoms with Gasteiger partial charge in [-0.25, -0.2) is 0 Å². The number of carboxylic acids is 1. The Morgan fingerprint density at radius 1 is 1.28 bits per heavy atom. The Morgan fingerprint density at radius 3 is 2.72 bits per heavy atom. The maximum Gasteiger partial charge on any atom is 0.311 e. The van der Waals surface area contributed by atoms with E-state index in [0.717, 1.165) is 19.3 Å². The molecule has 0 aromatic rings. The van der Waals surface area contributed by atoms with E-state index in [0.29, 0.717) is 6.54 Å². The fraction of sp³-hybridized carbons (Fsp3) is 0.833. The Hall–Kier alpha value is -1.14. The number of amides is 1. The predicted octanol–water partition coefficient (Wildman–Crippen LogP) is -0.423. The summed E-state index contributed by atoms with van der Waals surface area (Å²) in [7, 11) is 0. The van der Waals surface area contributed by atoms with Gasteiger partial charge in [-0.05, 0) is 25.3 Å². The highest BCUT2D eigenvalue weighted by molar-refractivity contribution is 5.81. The molecule has 0 spiro atoms. The molecule has 0 aromatic carbocycles. The molecule has 4 N–H and O–H groups in total. The molecule has 6 nitrogen and oxygen atoms in total. The van der Waals surface area contributed by atoms with Gasteiger partial charge in [0, 0.05) is 5.92 Å². The van der Waals surface area contributed by atoms with Gasteiger partial charge >= 0.3 is 5.97 Å². The molecule has 2 fully saturated rings. The van der Waals surface area contributed by atoms with Crippen LogP contribution in [0.2, 0.25) is 0 Å². The molecule has 2 aliphatic rings. The van der Waals surface area contributed by atoms with Crippen molar-refractivity contribution in [3.8, 4) is 0 Å². The number of nitrogens with one attached hydrogen (secondary N) is 1. The highest BCUT2D eigenvalue weighted by atomic mass is 16.5. The minimum Gasteiger partial charge on any atom is -0.481 e. The second-order valence-corrected chi connectivity index (χ2v) is 5.13. The number of hydrogen-bond donors (Lipinski definition) is 3. The fourth-order valence-electron chi connectivity index (χ4n) is 2.89. The summed E-state index contributed by atoms with van der Waals surface area (Å²) >= 11 is 0. The van der Waals surface area contributed by atoms with Crippen molar-refractivity contribution >= 4 is 11.9 Å². The average molecular weight is 256 g/mol. The van der Waals surface area contributed by atoms with Crippen LogP contribution in [0.1, 0.15) is 19.3 Å². The zero-order valence-corrected chi connectivity index (χ0v) is 10.3. The van der Waals surface area contributed by atoms with E-state index < -0.39 is 17.9 Å². The summed E-state index contributed by atoms with van der Waals surface area (Å²) in [6.45, 7) is 0.968. The number of rotatable bonds is 4. The maximum atomic E-state index is 12.1. The van der Waals surface area contributed by atoms with Gasteiger partial charge in [-0.3, -0.25) is 9.59 Å². The summed E-state index contributed by atoms with van der Waals surface area (Å²) in [5.41, 5.74) is 5.65. The largest absolute Gasteiger partial charge is 0.481 e. The predicted molar refractivity (Wildman–Crippen MR) is 63.8 cm³/mol. The van der Waals surface area contributed by atoms with Gasteiger partial charge in [0.2, 0.25) is 5.91 Å². The Balaban J connectivity index is 1.92. The normalized spacial score (nSPS) is 35.6. The van der Waals surface area contributed by atoms with Gasteiger partial charge in [0.1, 0.15) is 5.92 Å². The van der Waals surface area contributed by atoms with E-state index in [1.807, 2.05) is 0 Å². The van der Waals surface area contributed by atoms with E-state index in [4.69, 9.17) is 15.6 Å². The number of carboxylic acid groups (broad SMARTS) is 1. The SMILES string of the molecule is NCC1CCCC1C(=O)NC1COCC1C(=O)O. The topological polar surface area (TPSA) is 102 Å². The Bertz CT molecular complexity index is 334. The van der Waals surface area contributed by atoms with E-state index in [-0.39, 0.29) is 31.0 Å². The lowest BCUT2D eigenvalue weighted by Crippen LogP contribution is -2.46. The van der Waals surface area contributed by atoms with E-state index in [9.17, 15) is 9.59 Å². The zero-order chi connectivity index (χ0) is 13.1. The minimum atomic E-state index is -0.917. The number of ether oxygens (including phenoxy) is 1.